The van der Waals surface area contributed by atoms with Gasteiger partial charge >= 0.3 is 0 Å². The molecular weight excluding hydrogens is 150 g/mol. The Bertz CT molecular complexity index is 245. The van der Waals surface area contributed by atoms with Gasteiger partial charge in [-0.2, -0.15) is 0 Å². The molecule has 2 nitrogen and oxygen atoms in total. The molecule has 0 aliphatic heterocycles. The Hall–Kier alpha value is -1.18. The number of rotatable bonds is 3. The van der Waals surface area contributed by atoms with E-state index in [0.717, 1.165) is 11.4 Å². The number of benzene rings is 1. The summed E-state index contributed by atoms with van der Waals surface area (Å²) in [6.45, 7) is 4.22. The smallest absolute Gasteiger partial charge is 0.120 e. The van der Waals surface area contributed by atoms with Gasteiger partial charge in [0.2, 0.25) is 0 Å². The second-order valence-electron chi connectivity index (χ2n) is 3.03. The van der Waals surface area contributed by atoms with Crippen molar-refractivity contribution in [2.45, 2.75) is 19.9 Å². The van der Waals surface area contributed by atoms with Gasteiger partial charge in [0.15, 0.2) is 0 Å². The average molecular weight is 165 g/mol. The van der Waals surface area contributed by atoms with Crippen molar-refractivity contribution in [3.63, 3.8) is 0 Å². The molecule has 0 fully saturated rings. The van der Waals surface area contributed by atoms with Gasteiger partial charge in [0.1, 0.15) is 5.75 Å². The minimum atomic E-state index is 0.456. The Morgan fingerprint density at radius 3 is 2.67 bits per heavy atom. The fourth-order valence-corrected chi connectivity index (χ4v) is 1.05. The lowest BCUT2D eigenvalue weighted by Gasteiger charge is -2.10. The Labute approximate surface area is 73.6 Å². The fraction of sp³-hybridized carbons (Fsp3) is 0.400. The summed E-state index contributed by atoms with van der Waals surface area (Å²) in [5, 5.41) is 3.30. The lowest BCUT2D eigenvalue weighted by molar-refractivity contribution is 0.415. The highest BCUT2D eigenvalue weighted by atomic mass is 16.5. The van der Waals surface area contributed by atoms with Gasteiger partial charge in [0.25, 0.3) is 0 Å². The van der Waals surface area contributed by atoms with Gasteiger partial charge in [-0.05, 0) is 26.0 Å². The summed E-state index contributed by atoms with van der Waals surface area (Å²) in [5.74, 6) is 0.889. The van der Waals surface area contributed by atoms with Crippen LogP contribution in [-0.4, -0.2) is 13.2 Å². The molecule has 0 spiro atoms. The van der Waals surface area contributed by atoms with Gasteiger partial charge in [0.05, 0.1) is 7.11 Å². The van der Waals surface area contributed by atoms with Crippen LogP contribution in [-0.2, 0) is 0 Å². The van der Waals surface area contributed by atoms with E-state index in [1.54, 1.807) is 7.11 Å². The molecule has 1 rings (SSSR count). The van der Waals surface area contributed by atoms with E-state index in [0.29, 0.717) is 6.04 Å². The van der Waals surface area contributed by atoms with Crippen molar-refractivity contribution in [1.82, 2.24) is 0 Å². The van der Waals surface area contributed by atoms with E-state index >= 15 is 0 Å². The number of hydrogen-bond donors (Lipinski definition) is 1. The quantitative estimate of drug-likeness (QED) is 0.743. The first-order valence-electron chi connectivity index (χ1n) is 4.13. The van der Waals surface area contributed by atoms with Crippen LogP contribution >= 0.6 is 0 Å². The molecule has 1 N–H and O–H groups in total. The van der Waals surface area contributed by atoms with E-state index in [1.807, 2.05) is 24.3 Å². The topological polar surface area (TPSA) is 21.3 Å². The van der Waals surface area contributed by atoms with Gasteiger partial charge in [-0.15, -0.1) is 0 Å². The van der Waals surface area contributed by atoms with Gasteiger partial charge in [0, 0.05) is 17.8 Å². The highest BCUT2D eigenvalue weighted by molar-refractivity contribution is 5.48. The lowest BCUT2D eigenvalue weighted by atomic mass is 10.2. The molecule has 0 saturated heterocycles. The van der Waals surface area contributed by atoms with Crippen LogP contribution in [0, 0.1) is 0 Å². The predicted octanol–water partition coefficient (Wildman–Crippen LogP) is 2.52. The van der Waals surface area contributed by atoms with Crippen molar-refractivity contribution >= 4 is 5.69 Å². The van der Waals surface area contributed by atoms with Crippen molar-refractivity contribution < 1.29 is 4.74 Å². The molecule has 0 amide bonds. The number of anilines is 1. The van der Waals surface area contributed by atoms with Gasteiger partial charge in [-0.25, -0.2) is 0 Å². The molecule has 0 heterocycles. The van der Waals surface area contributed by atoms with E-state index in [2.05, 4.69) is 19.2 Å². The second-order valence-corrected chi connectivity index (χ2v) is 3.03. The van der Waals surface area contributed by atoms with E-state index < -0.39 is 0 Å². The number of hydrogen-bond acceptors (Lipinski definition) is 2. The van der Waals surface area contributed by atoms with Crippen LogP contribution in [0.15, 0.2) is 24.3 Å². The highest BCUT2D eigenvalue weighted by Crippen LogP contribution is 2.16. The van der Waals surface area contributed by atoms with Gasteiger partial charge < -0.3 is 10.1 Å². The lowest BCUT2D eigenvalue weighted by Crippen LogP contribution is -2.09. The zero-order chi connectivity index (χ0) is 8.97. The summed E-state index contributed by atoms with van der Waals surface area (Å²) >= 11 is 0. The van der Waals surface area contributed by atoms with Crippen molar-refractivity contribution in [2.75, 3.05) is 12.4 Å². The standard InChI is InChI=1S/C10H15NO/c1-8(2)11-9-5-4-6-10(7-9)12-3/h4-8,11H,1-3H3. The molecule has 1 aromatic carbocycles. The van der Waals surface area contributed by atoms with Crippen LogP contribution < -0.4 is 10.1 Å². The van der Waals surface area contributed by atoms with E-state index in [-0.39, 0.29) is 0 Å². The normalized spacial score (nSPS) is 10.0. The van der Waals surface area contributed by atoms with Crippen LogP contribution in [0.5, 0.6) is 5.75 Å². The molecule has 0 saturated carbocycles. The monoisotopic (exact) mass is 165 g/mol. The Morgan fingerprint density at radius 1 is 1.33 bits per heavy atom. The molecule has 12 heavy (non-hydrogen) atoms. The third-order valence-electron chi connectivity index (χ3n) is 1.53. The zero-order valence-corrected chi connectivity index (χ0v) is 7.79. The van der Waals surface area contributed by atoms with Gasteiger partial charge in [-0.3, -0.25) is 0 Å². The second kappa shape index (κ2) is 4.00. The molecule has 0 bridgehead atoms. The molecule has 0 radical (unpaired) electrons. The van der Waals surface area contributed by atoms with E-state index in [4.69, 9.17) is 4.74 Å². The van der Waals surface area contributed by atoms with Crippen molar-refractivity contribution in [3.8, 4) is 5.75 Å². The molecule has 66 valence electrons. The summed E-state index contributed by atoms with van der Waals surface area (Å²) in [7, 11) is 1.68. The maximum atomic E-state index is 5.10. The molecule has 1 aromatic rings. The molecule has 0 aliphatic carbocycles. The molecule has 0 aliphatic rings. The average Bonchev–Trinajstić information content (AvgIpc) is 2.03. The maximum Gasteiger partial charge on any atom is 0.120 e. The number of ether oxygens (including phenoxy) is 1. The number of methoxy groups -OCH3 is 1. The largest absolute Gasteiger partial charge is 0.497 e. The summed E-state index contributed by atoms with van der Waals surface area (Å²) in [4.78, 5) is 0. The van der Waals surface area contributed by atoms with Crippen molar-refractivity contribution in [1.29, 1.82) is 0 Å². The first-order valence-corrected chi connectivity index (χ1v) is 4.13. The third kappa shape index (κ3) is 2.46. The predicted molar refractivity (Wildman–Crippen MR) is 51.8 cm³/mol. The van der Waals surface area contributed by atoms with Crippen molar-refractivity contribution in [3.05, 3.63) is 24.3 Å². The van der Waals surface area contributed by atoms with Crippen LogP contribution in [0.1, 0.15) is 13.8 Å². The van der Waals surface area contributed by atoms with Crippen molar-refractivity contribution in [2.24, 2.45) is 0 Å². The van der Waals surface area contributed by atoms with Crippen LogP contribution in [0.3, 0.4) is 0 Å². The molecular formula is C10H15NO. The molecule has 0 unspecified atom stereocenters. The van der Waals surface area contributed by atoms with Gasteiger partial charge in [-0.1, -0.05) is 6.07 Å². The zero-order valence-electron chi connectivity index (χ0n) is 7.79. The third-order valence-corrected chi connectivity index (χ3v) is 1.53. The highest BCUT2D eigenvalue weighted by Gasteiger charge is 1.95. The van der Waals surface area contributed by atoms with Crippen LogP contribution in [0.25, 0.3) is 0 Å². The maximum absolute atomic E-state index is 5.10. The van der Waals surface area contributed by atoms with E-state index in [1.165, 1.54) is 0 Å². The first kappa shape index (κ1) is 8.91. The Kier molecular flexibility index (Phi) is 2.97. The molecule has 0 aromatic heterocycles. The minimum Gasteiger partial charge on any atom is -0.497 e. The fourth-order valence-electron chi connectivity index (χ4n) is 1.05. The van der Waals surface area contributed by atoms with E-state index in [9.17, 15) is 0 Å². The molecule has 0 atom stereocenters. The Morgan fingerprint density at radius 2 is 2.08 bits per heavy atom. The summed E-state index contributed by atoms with van der Waals surface area (Å²) < 4.78 is 5.10. The summed E-state index contributed by atoms with van der Waals surface area (Å²) in [6, 6.07) is 8.38. The SMILES string of the molecule is COc1cccc(NC(C)C)c1. The Balaban J connectivity index is 2.72. The minimum absolute atomic E-state index is 0.456. The number of nitrogens with one attached hydrogen (secondary N) is 1. The van der Waals surface area contributed by atoms with Crippen LogP contribution in [0.4, 0.5) is 5.69 Å². The first-order chi connectivity index (χ1) is 5.72. The summed E-state index contributed by atoms with van der Waals surface area (Å²) in [5.41, 5.74) is 1.10. The molecule has 2 heteroatoms. The van der Waals surface area contributed by atoms with Crippen LogP contribution in [0.2, 0.25) is 0 Å². The summed E-state index contributed by atoms with van der Waals surface area (Å²) in [6.07, 6.45) is 0.